The van der Waals surface area contributed by atoms with Crippen LogP contribution in [0.5, 0.6) is 0 Å². The Morgan fingerprint density at radius 1 is 1.44 bits per heavy atom. The summed E-state index contributed by atoms with van der Waals surface area (Å²) in [7, 11) is 0. The maximum atomic E-state index is 11.8. The zero-order valence-electron chi connectivity index (χ0n) is 14.1. The van der Waals surface area contributed by atoms with Gasteiger partial charge in [0.25, 0.3) is 11.6 Å². The van der Waals surface area contributed by atoms with Crippen LogP contribution in [0, 0.1) is 27.4 Å². The van der Waals surface area contributed by atoms with E-state index in [2.05, 4.69) is 5.32 Å². The topological polar surface area (TPSA) is 122 Å². The van der Waals surface area contributed by atoms with Gasteiger partial charge in [-0.3, -0.25) is 19.7 Å². The van der Waals surface area contributed by atoms with Crippen LogP contribution >= 0.6 is 11.8 Å². The molecule has 0 saturated heterocycles. The molecule has 1 N–H and O–H groups in total. The minimum Gasteiger partial charge on any atom is -0.455 e. The van der Waals surface area contributed by atoms with Gasteiger partial charge in [-0.2, -0.15) is 5.26 Å². The number of rotatable bonds is 8. The number of carbonyl (C=O) groups excluding carboxylic acids is 2. The number of thioether (sulfide) groups is 1. The smallest absolute Gasteiger partial charge is 0.316 e. The molecule has 0 aliphatic heterocycles. The highest BCUT2D eigenvalue weighted by Gasteiger charge is 2.30. The van der Waals surface area contributed by atoms with Gasteiger partial charge in [0.2, 0.25) is 0 Å². The Bertz CT molecular complexity index is 701. The molecule has 8 nitrogen and oxygen atoms in total. The van der Waals surface area contributed by atoms with Crippen molar-refractivity contribution in [1.29, 1.82) is 5.26 Å². The van der Waals surface area contributed by atoms with Crippen LogP contribution in [0.1, 0.15) is 20.8 Å². The van der Waals surface area contributed by atoms with Crippen LogP contribution in [0.3, 0.4) is 0 Å². The van der Waals surface area contributed by atoms with Crippen LogP contribution < -0.4 is 5.32 Å². The predicted octanol–water partition coefficient (Wildman–Crippen LogP) is 2.28. The number of esters is 1. The first-order valence-corrected chi connectivity index (χ1v) is 8.42. The molecule has 25 heavy (non-hydrogen) atoms. The number of hydrogen-bond acceptors (Lipinski definition) is 7. The first-order valence-electron chi connectivity index (χ1n) is 7.43. The number of nitriles is 1. The van der Waals surface area contributed by atoms with Gasteiger partial charge in [0.1, 0.15) is 5.54 Å². The van der Waals surface area contributed by atoms with Gasteiger partial charge in [-0.25, -0.2) is 0 Å². The van der Waals surface area contributed by atoms with Crippen LogP contribution in [-0.4, -0.2) is 34.7 Å². The summed E-state index contributed by atoms with van der Waals surface area (Å²) >= 11 is 0.957. The summed E-state index contributed by atoms with van der Waals surface area (Å²) in [6.07, 6.45) is 0. The van der Waals surface area contributed by atoms with Crippen LogP contribution in [0.4, 0.5) is 5.69 Å². The third-order valence-corrected chi connectivity index (χ3v) is 4.59. The highest BCUT2D eigenvalue weighted by atomic mass is 32.2. The molecule has 0 spiro atoms. The number of carbonyl (C=O) groups is 2. The normalized spacial score (nSPS) is 12.8. The van der Waals surface area contributed by atoms with Crippen molar-refractivity contribution in [1.82, 2.24) is 5.32 Å². The number of benzene rings is 1. The monoisotopic (exact) mass is 365 g/mol. The molecule has 0 heterocycles. The Balaban J connectivity index is 2.50. The lowest BCUT2D eigenvalue weighted by molar-refractivity contribution is -0.387. The number of nitro groups is 1. The number of amides is 1. The van der Waals surface area contributed by atoms with Crippen LogP contribution in [0.25, 0.3) is 0 Å². The number of hydrogen-bond donors (Lipinski definition) is 1. The number of nitrogens with zero attached hydrogens (tertiary/aromatic N) is 2. The number of nitro benzene ring substituents is 1. The fraction of sp³-hybridized carbons (Fsp3) is 0.438. The Kier molecular flexibility index (Phi) is 7.39. The molecule has 1 amide bonds. The maximum Gasteiger partial charge on any atom is 0.316 e. The van der Waals surface area contributed by atoms with Crippen molar-refractivity contribution < 1.29 is 19.2 Å². The second-order valence-electron chi connectivity index (χ2n) is 5.69. The second kappa shape index (κ2) is 9.03. The Hall–Kier alpha value is -2.60. The van der Waals surface area contributed by atoms with Crippen molar-refractivity contribution in [3.63, 3.8) is 0 Å². The third-order valence-electron chi connectivity index (χ3n) is 3.56. The van der Waals surface area contributed by atoms with Crippen molar-refractivity contribution in [2.45, 2.75) is 31.2 Å². The summed E-state index contributed by atoms with van der Waals surface area (Å²) in [5.74, 6) is -1.55. The summed E-state index contributed by atoms with van der Waals surface area (Å²) in [5.41, 5.74) is -1.15. The van der Waals surface area contributed by atoms with E-state index in [1.807, 2.05) is 6.07 Å². The van der Waals surface area contributed by atoms with E-state index in [9.17, 15) is 19.7 Å². The highest BCUT2D eigenvalue weighted by molar-refractivity contribution is 8.00. The molecule has 0 saturated carbocycles. The van der Waals surface area contributed by atoms with Crippen molar-refractivity contribution in [3.05, 3.63) is 34.4 Å². The van der Waals surface area contributed by atoms with Gasteiger partial charge < -0.3 is 10.1 Å². The molecule has 134 valence electrons. The molecule has 0 aliphatic rings. The standard InChI is InChI=1S/C16H19N3O5S/c1-11(2)16(3,10-17)18-14(20)8-24-15(21)9-25-13-7-5-4-6-12(13)19(22)23/h4-7,11H,8-9H2,1-3H3,(H,18,20)/t16-/m1/s1. The molecule has 9 heteroatoms. The van der Waals surface area contributed by atoms with E-state index in [1.165, 1.54) is 18.2 Å². The number of para-hydroxylation sites is 1. The van der Waals surface area contributed by atoms with E-state index in [1.54, 1.807) is 26.8 Å². The largest absolute Gasteiger partial charge is 0.455 e. The van der Waals surface area contributed by atoms with Gasteiger partial charge in [-0.1, -0.05) is 26.0 Å². The fourth-order valence-corrected chi connectivity index (χ4v) is 2.50. The molecule has 1 atom stereocenters. The molecule has 0 aromatic heterocycles. The van der Waals surface area contributed by atoms with Crippen molar-refractivity contribution in [2.24, 2.45) is 5.92 Å². The fourth-order valence-electron chi connectivity index (χ4n) is 1.68. The summed E-state index contributed by atoms with van der Waals surface area (Å²) in [6.45, 7) is 4.65. The molecule has 0 aliphatic carbocycles. The van der Waals surface area contributed by atoms with Gasteiger partial charge in [-0.05, 0) is 18.9 Å². The minimum atomic E-state index is -1.05. The highest BCUT2D eigenvalue weighted by Crippen LogP contribution is 2.28. The van der Waals surface area contributed by atoms with Gasteiger partial charge in [-0.15, -0.1) is 11.8 Å². The van der Waals surface area contributed by atoms with Gasteiger partial charge in [0.15, 0.2) is 6.61 Å². The quantitative estimate of drug-likeness (QED) is 0.324. The molecule has 0 radical (unpaired) electrons. The predicted molar refractivity (Wildman–Crippen MR) is 91.8 cm³/mol. The molecule has 0 fully saturated rings. The van der Waals surface area contributed by atoms with Crippen LogP contribution in [0.15, 0.2) is 29.2 Å². The van der Waals surface area contributed by atoms with Crippen molar-refractivity contribution in [2.75, 3.05) is 12.4 Å². The molecule has 1 aromatic carbocycles. The van der Waals surface area contributed by atoms with E-state index in [0.717, 1.165) is 11.8 Å². The van der Waals surface area contributed by atoms with Crippen LogP contribution in [-0.2, 0) is 14.3 Å². The van der Waals surface area contributed by atoms with Crippen molar-refractivity contribution >= 4 is 29.3 Å². The summed E-state index contributed by atoms with van der Waals surface area (Å²) in [5, 5.41) is 22.5. The number of ether oxygens (including phenoxy) is 1. The lowest BCUT2D eigenvalue weighted by atomic mass is 9.90. The average Bonchev–Trinajstić information content (AvgIpc) is 2.57. The minimum absolute atomic E-state index is 0.0974. The van der Waals surface area contributed by atoms with Crippen LogP contribution in [0.2, 0.25) is 0 Å². The zero-order chi connectivity index (χ0) is 19.0. The maximum absolute atomic E-state index is 11.8. The van der Waals surface area contributed by atoms with E-state index in [-0.39, 0.29) is 17.4 Å². The van der Waals surface area contributed by atoms with Gasteiger partial charge in [0.05, 0.1) is 21.6 Å². The Morgan fingerprint density at radius 2 is 2.08 bits per heavy atom. The lowest BCUT2D eigenvalue weighted by Gasteiger charge is -2.27. The molecule has 1 aromatic rings. The lowest BCUT2D eigenvalue weighted by Crippen LogP contribution is -2.50. The zero-order valence-corrected chi connectivity index (χ0v) is 15.0. The van der Waals surface area contributed by atoms with E-state index >= 15 is 0 Å². The third kappa shape index (κ3) is 6.08. The second-order valence-corrected chi connectivity index (χ2v) is 6.71. The first-order chi connectivity index (χ1) is 11.7. The summed E-state index contributed by atoms with van der Waals surface area (Å²) in [6, 6.07) is 8.06. The first kappa shape index (κ1) is 20.4. The van der Waals surface area contributed by atoms with Gasteiger partial charge >= 0.3 is 5.97 Å². The van der Waals surface area contributed by atoms with E-state index < -0.39 is 28.9 Å². The SMILES string of the molecule is CC(C)[C@@](C)(C#N)NC(=O)COC(=O)CSc1ccccc1[N+](=O)[O-]. The molecular formula is C16H19N3O5S. The Morgan fingerprint density at radius 3 is 2.64 bits per heavy atom. The molecule has 0 bridgehead atoms. The van der Waals surface area contributed by atoms with Gasteiger partial charge in [0, 0.05) is 6.07 Å². The summed E-state index contributed by atoms with van der Waals surface area (Å²) in [4.78, 5) is 34.2. The van der Waals surface area contributed by atoms with E-state index in [0.29, 0.717) is 4.90 Å². The molecule has 1 rings (SSSR count). The van der Waals surface area contributed by atoms with Crippen molar-refractivity contribution in [3.8, 4) is 6.07 Å². The number of nitrogens with one attached hydrogen (secondary N) is 1. The average molecular weight is 365 g/mol. The molecule has 0 unspecified atom stereocenters. The molecular weight excluding hydrogens is 346 g/mol. The van der Waals surface area contributed by atoms with E-state index in [4.69, 9.17) is 10.00 Å². The summed E-state index contributed by atoms with van der Waals surface area (Å²) < 4.78 is 4.84. The Labute approximate surface area is 149 Å².